The van der Waals surface area contributed by atoms with Crippen LogP contribution in [0.15, 0.2) is 70.0 Å². The highest BCUT2D eigenvalue weighted by Crippen LogP contribution is 2.12. The normalized spacial score (nSPS) is 10.5. The van der Waals surface area contributed by atoms with Gasteiger partial charge in [-0.3, -0.25) is 9.59 Å². The van der Waals surface area contributed by atoms with E-state index in [1.807, 2.05) is 12.1 Å². The third-order valence-corrected chi connectivity index (χ3v) is 3.69. The second-order valence-corrected chi connectivity index (χ2v) is 5.68. The number of nitrogens with one attached hydrogen (secondary N) is 1. The van der Waals surface area contributed by atoms with Gasteiger partial charge in [-0.2, -0.15) is 0 Å². The minimum absolute atomic E-state index is 0.124. The molecule has 122 valence electrons. The number of carbonyl (C=O) groups excluding carboxylic acids is 1. The zero-order valence-electron chi connectivity index (χ0n) is 12.7. The average Bonchev–Trinajstić information content (AvgIpc) is 3.04. The van der Waals surface area contributed by atoms with Gasteiger partial charge in [0.15, 0.2) is 5.76 Å². The summed E-state index contributed by atoms with van der Waals surface area (Å²) in [6.45, 7) is 0.634. The Kier molecular flexibility index (Phi) is 4.82. The van der Waals surface area contributed by atoms with E-state index in [0.29, 0.717) is 17.3 Å². The third-order valence-electron chi connectivity index (χ3n) is 3.45. The number of benzene rings is 1. The fourth-order valence-corrected chi connectivity index (χ4v) is 2.47. The van der Waals surface area contributed by atoms with Crippen molar-refractivity contribution < 1.29 is 9.21 Å². The van der Waals surface area contributed by atoms with Crippen LogP contribution in [0.3, 0.4) is 0 Å². The van der Waals surface area contributed by atoms with Gasteiger partial charge in [0.1, 0.15) is 5.76 Å². The van der Waals surface area contributed by atoms with Gasteiger partial charge < -0.3 is 14.3 Å². The monoisotopic (exact) mass is 342 g/mol. The molecule has 0 unspecified atom stereocenters. The van der Waals surface area contributed by atoms with Gasteiger partial charge in [-0.15, -0.1) is 0 Å². The highest BCUT2D eigenvalue weighted by molar-refractivity contribution is 6.30. The molecule has 0 saturated heterocycles. The van der Waals surface area contributed by atoms with Crippen LogP contribution in [0.5, 0.6) is 0 Å². The number of rotatable bonds is 5. The quantitative estimate of drug-likeness (QED) is 0.775. The van der Waals surface area contributed by atoms with E-state index in [1.54, 1.807) is 42.6 Å². The lowest BCUT2D eigenvalue weighted by molar-refractivity contribution is 0.0921. The van der Waals surface area contributed by atoms with Gasteiger partial charge in [-0.1, -0.05) is 29.8 Å². The second kappa shape index (κ2) is 7.19. The highest BCUT2D eigenvalue weighted by atomic mass is 35.5. The average molecular weight is 343 g/mol. The zero-order chi connectivity index (χ0) is 16.9. The van der Waals surface area contributed by atoms with Crippen LogP contribution in [0.25, 0.3) is 0 Å². The fourth-order valence-electron chi connectivity index (χ4n) is 2.26. The maximum Gasteiger partial charge on any atom is 0.287 e. The van der Waals surface area contributed by atoms with Crippen molar-refractivity contribution in [1.82, 2.24) is 9.88 Å². The summed E-state index contributed by atoms with van der Waals surface area (Å²) in [5.41, 5.74) is 0.777. The summed E-state index contributed by atoms with van der Waals surface area (Å²) in [7, 11) is 0. The van der Waals surface area contributed by atoms with Crippen LogP contribution in [0.2, 0.25) is 5.02 Å². The van der Waals surface area contributed by atoms with Crippen LogP contribution in [-0.2, 0) is 13.1 Å². The number of amides is 1. The molecule has 2 aromatic heterocycles. The summed E-state index contributed by atoms with van der Waals surface area (Å²) in [6, 6.07) is 15.5. The number of aromatic nitrogens is 1. The minimum atomic E-state index is -0.318. The first-order chi connectivity index (χ1) is 11.6. The summed E-state index contributed by atoms with van der Waals surface area (Å²) in [5, 5.41) is 3.39. The van der Waals surface area contributed by atoms with Gasteiger partial charge in [0.05, 0.1) is 6.54 Å². The van der Waals surface area contributed by atoms with Crippen molar-refractivity contribution in [3.8, 4) is 0 Å². The molecule has 1 aromatic carbocycles. The molecule has 0 atom stereocenters. The van der Waals surface area contributed by atoms with Crippen LogP contribution in [0, 0.1) is 0 Å². The van der Waals surface area contributed by atoms with Gasteiger partial charge in [0.2, 0.25) is 0 Å². The smallest absolute Gasteiger partial charge is 0.287 e. The first kappa shape index (κ1) is 16.1. The number of halogens is 1. The molecular formula is C18H15ClN2O3. The van der Waals surface area contributed by atoms with Crippen LogP contribution < -0.4 is 10.9 Å². The second-order valence-electron chi connectivity index (χ2n) is 5.25. The molecule has 0 radical (unpaired) electrons. The number of nitrogens with zero attached hydrogens (tertiary/aromatic N) is 1. The lowest BCUT2D eigenvalue weighted by Crippen LogP contribution is -2.22. The molecule has 2 heterocycles. The Morgan fingerprint density at radius 2 is 2.00 bits per heavy atom. The Morgan fingerprint density at radius 3 is 2.79 bits per heavy atom. The predicted molar refractivity (Wildman–Crippen MR) is 91.1 cm³/mol. The van der Waals surface area contributed by atoms with Crippen LogP contribution in [-0.4, -0.2) is 10.5 Å². The third kappa shape index (κ3) is 3.94. The fraction of sp³-hybridized carbons (Fsp3) is 0.111. The van der Waals surface area contributed by atoms with Crippen LogP contribution >= 0.6 is 11.6 Å². The van der Waals surface area contributed by atoms with E-state index in [9.17, 15) is 9.59 Å². The summed E-state index contributed by atoms with van der Waals surface area (Å²) in [5.74, 6) is 0.425. The van der Waals surface area contributed by atoms with Crippen molar-refractivity contribution in [3.05, 3.63) is 93.3 Å². The number of hydrogen-bond donors (Lipinski definition) is 1. The largest absolute Gasteiger partial charge is 0.454 e. The molecule has 3 rings (SSSR count). The Labute approximate surface area is 143 Å². The molecule has 0 fully saturated rings. The molecule has 24 heavy (non-hydrogen) atoms. The maximum absolute atomic E-state index is 12.1. The lowest BCUT2D eigenvalue weighted by Gasteiger charge is -2.04. The SMILES string of the molecule is O=C(NCc1cccc(Cl)c1)c1ccc(Cn2ccccc2=O)o1. The minimum Gasteiger partial charge on any atom is -0.454 e. The van der Waals surface area contributed by atoms with Crippen molar-refractivity contribution in [1.29, 1.82) is 0 Å². The molecule has 0 aliphatic carbocycles. The van der Waals surface area contributed by atoms with Crippen molar-refractivity contribution in [2.75, 3.05) is 0 Å². The van der Waals surface area contributed by atoms with Crippen molar-refractivity contribution in [2.45, 2.75) is 13.1 Å². The summed E-state index contributed by atoms with van der Waals surface area (Å²) < 4.78 is 7.03. The van der Waals surface area contributed by atoms with Crippen molar-refractivity contribution in [3.63, 3.8) is 0 Å². The molecule has 1 N–H and O–H groups in total. The van der Waals surface area contributed by atoms with E-state index in [4.69, 9.17) is 16.0 Å². The Bertz CT molecular complexity index is 914. The first-order valence-corrected chi connectivity index (χ1v) is 7.76. The van der Waals surface area contributed by atoms with Gasteiger partial charge in [-0.05, 0) is 35.9 Å². The Hall–Kier alpha value is -2.79. The van der Waals surface area contributed by atoms with E-state index in [-0.39, 0.29) is 23.8 Å². The first-order valence-electron chi connectivity index (χ1n) is 7.38. The molecule has 1 amide bonds. The number of furan rings is 1. The number of carbonyl (C=O) groups is 1. The lowest BCUT2D eigenvalue weighted by atomic mass is 10.2. The van der Waals surface area contributed by atoms with Gasteiger partial charge >= 0.3 is 0 Å². The Balaban J connectivity index is 1.63. The van der Waals surface area contributed by atoms with Crippen LogP contribution in [0.1, 0.15) is 21.9 Å². The standard InChI is InChI=1S/C18H15ClN2O3/c19-14-5-3-4-13(10-14)11-20-18(23)16-8-7-15(24-16)12-21-9-2-1-6-17(21)22/h1-10H,11-12H2,(H,20,23). The van der Waals surface area contributed by atoms with Crippen molar-refractivity contribution >= 4 is 17.5 Å². The van der Waals surface area contributed by atoms with E-state index >= 15 is 0 Å². The van der Waals surface area contributed by atoms with Crippen molar-refractivity contribution in [2.24, 2.45) is 0 Å². The van der Waals surface area contributed by atoms with E-state index in [2.05, 4.69) is 5.32 Å². The zero-order valence-corrected chi connectivity index (χ0v) is 13.5. The molecule has 0 saturated carbocycles. The molecule has 5 nitrogen and oxygen atoms in total. The number of pyridine rings is 1. The van der Waals surface area contributed by atoms with Gasteiger partial charge in [-0.25, -0.2) is 0 Å². The highest BCUT2D eigenvalue weighted by Gasteiger charge is 2.11. The molecule has 3 aromatic rings. The van der Waals surface area contributed by atoms with Crippen LogP contribution in [0.4, 0.5) is 0 Å². The summed E-state index contributed by atoms with van der Waals surface area (Å²) >= 11 is 5.91. The molecule has 6 heteroatoms. The van der Waals surface area contributed by atoms with Gasteiger partial charge in [0, 0.05) is 23.8 Å². The maximum atomic E-state index is 12.1. The van der Waals surface area contributed by atoms with E-state index < -0.39 is 0 Å². The Morgan fingerprint density at radius 1 is 1.12 bits per heavy atom. The molecule has 0 bridgehead atoms. The molecular weight excluding hydrogens is 328 g/mol. The predicted octanol–water partition coefficient (Wildman–Crippen LogP) is 3.07. The topological polar surface area (TPSA) is 64.2 Å². The number of hydrogen-bond acceptors (Lipinski definition) is 3. The van der Waals surface area contributed by atoms with E-state index in [1.165, 1.54) is 10.6 Å². The molecule has 0 aliphatic heterocycles. The summed E-state index contributed by atoms with van der Waals surface area (Å²) in [4.78, 5) is 23.8. The summed E-state index contributed by atoms with van der Waals surface area (Å²) in [6.07, 6.45) is 1.67. The van der Waals surface area contributed by atoms with Gasteiger partial charge in [0.25, 0.3) is 11.5 Å². The van der Waals surface area contributed by atoms with E-state index in [0.717, 1.165) is 5.56 Å². The molecule has 0 spiro atoms. The molecule has 0 aliphatic rings.